The zero-order valence-corrected chi connectivity index (χ0v) is 13.4. The molecule has 0 bridgehead atoms. The number of hydrogen-bond donors (Lipinski definition) is 2. The van der Waals surface area contributed by atoms with Gasteiger partial charge in [-0.3, -0.25) is 9.59 Å². The second kappa shape index (κ2) is 6.78. The average molecular weight is 299 g/mol. The summed E-state index contributed by atoms with van der Waals surface area (Å²) in [6, 6.07) is -1.21. The number of likely N-dealkylation sites (tertiary alicyclic amines) is 1. The van der Waals surface area contributed by atoms with Crippen molar-refractivity contribution in [2.45, 2.75) is 45.7 Å². The van der Waals surface area contributed by atoms with Gasteiger partial charge in [-0.1, -0.05) is 20.8 Å². The van der Waals surface area contributed by atoms with Crippen LogP contribution in [0.2, 0.25) is 0 Å². The molecule has 0 saturated carbocycles. The standard InChI is InChI=1S/C14H25N3O4/c1-14(2,3)10(16-13(20)21-5)12(19)17-8-6-7-9(17)11(18)15-4/h9-10H,6-8H2,1-5H3,(H,15,18)(H,16,20)/t9?,10-/m1/s1. The van der Waals surface area contributed by atoms with E-state index >= 15 is 0 Å². The van der Waals surface area contributed by atoms with Gasteiger partial charge in [0.25, 0.3) is 0 Å². The van der Waals surface area contributed by atoms with Crippen LogP contribution in [0.5, 0.6) is 0 Å². The normalized spacial score (nSPS) is 19.9. The summed E-state index contributed by atoms with van der Waals surface area (Å²) in [4.78, 5) is 37.6. The van der Waals surface area contributed by atoms with Gasteiger partial charge in [0, 0.05) is 13.6 Å². The molecule has 0 aliphatic carbocycles. The SMILES string of the molecule is CNC(=O)C1CCCN1C(=O)[C@@H](NC(=O)OC)C(C)(C)C. The van der Waals surface area contributed by atoms with Crippen LogP contribution in [-0.4, -0.2) is 55.6 Å². The van der Waals surface area contributed by atoms with Crippen molar-refractivity contribution in [2.24, 2.45) is 5.41 Å². The summed E-state index contributed by atoms with van der Waals surface area (Å²) in [7, 11) is 2.81. The van der Waals surface area contributed by atoms with Crippen molar-refractivity contribution in [2.75, 3.05) is 20.7 Å². The summed E-state index contributed by atoms with van der Waals surface area (Å²) in [6.45, 7) is 6.09. The number of hydrogen-bond acceptors (Lipinski definition) is 4. The van der Waals surface area contributed by atoms with Crippen LogP contribution in [0, 0.1) is 5.41 Å². The molecule has 1 rings (SSSR count). The van der Waals surface area contributed by atoms with Gasteiger partial charge in [-0.15, -0.1) is 0 Å². The lowest BCUT2D eigenvalue weighted by Gasteiger charge is -2.34. The van der Waals surface area contributed by atoms with E-state index in [2.05, 4.69) is 15.4 Å². The molecule has 3 amide bonds. The third-order valence-electron chi connectivity index (χ3n) is 3.65. The van der Waals surface area contributed by atoms with Gasteiger partial charge >= 0.3 is 6.09 Å². The quantitative estimate of drug-likeness (QED) is 0.794. The highest BCUT2D eigenvalue weighted by Crippen LogP contribution is 2.25. The predicted molar refractivity (Wildman–Crippen MR) is 77.6 cm³/mol. The molecule has 0 radical (unpaired) electrons. The molecule has 0 aromatic carbocycles. The van der Waals surface area contributed by atoms with E-state index in [1.807, 2.05) is 20.8 Å². The van der Waals surface area contributed by atoms with Gasteiger partial charge in [-0.2, -0.15) is 0 Å². The lowest BCUT2D eigenvalue weighted by Crippen LogP contribution is -2.57. The molecule has 1 saturated heterocycles. The van der Waals surface area contributed by atoms with Crippen LogP contribution in [-0.2, 0) is 14.3 Å². The first-order valence-electron chi connectivity index (χ1n) is 7.09. The number of methoxy groups -OCH3 is 1. The van der Waals surface area contributed by atoms with Crippen molar-refractivity contribution in [3.63, 3.8) is 0 Å². The van der Waals surface area contributed by atoms with E-state index in [1.54, 1.807) is 11.9 Å². The number of alkyl carbamates (subject to hydrolysis) is 1. The fourth-order valence-electron chi connectivity index (χ4n) is 2.46. The molecule has 0 spiro atoms. The van der Waals surface area contributed by atoms with Crippen molar-refractivity contribution in [3.05, 3.63) is 0 Å². The molecule has 1 aliphatic heterocycles. The van der Waals surface area contributed by atoms with Crippen LogP contribution in [0.3, 0.4) is 0 Å². The summed E-state index contributed by atoms with van der Waals surface area (Å²) < 4.78 is 4.58. The molecule has 120 valence electrons. The van der Waals surface area contributed by atoms with Gasteiger partial charge in [-0.05, 0) is 18.3 Å². The Kier molecular flexibility index (Phi) is 5.57. The monoisotopic (exact) mass is 299 g/mol. The Labute approximate surface area is 125 Å². The summed E-state index contributed by atoms with van der Waals surface area (Å²) in [6.07, 6.45) is 0.762. The van der Waals surface area contributed by atoms with E-state index < -0.39 is 23.6 Å². The Morgan fingerprint density at radius 2 is 1.90 bits per heavy atom. The van der Waals surface area contributed by atoms with Crippen molar-refractivity contribution in [1.82, 2.24) is 15.5 Å². The van der Waals surface area contributed by atoms with Crippen molar-refractivity contribution < 1.29 is 19.1 Å². The number of carbonyl (C=O) groups excluding carboxylic acids is 3. The number of nitrogens with one attached hydrogen (secondary N) is 2. The first-order valence-corrected chi connectivity index (χ1v) is 7.09. The minimum absolute atomic E-state index is 0.174. The highest BCUT2D eigenvalue weighted by Gasteiger charge is 2.41. The minimum atomic E-state index is -0.741. The van der Waals surface area contributed by atoms with Crippen LogP contribution in [0.4, 0.5) is 4.79 Å². The van der Waals surface area contributed by atoms with Gasteiger partial charge in [0.05, 0.1) is 7.11 Å². The van der Waals surface area contributed by atoms with Crippen LogP contribution in [0.1, 0.15) is 33.6 Å². The van der Waals surface area contributed by atoms with Crippen LogP contribution in [0.25, 0.3) is 0 Å². The predicted octanol–water partition coefficient (Wildman–Crippen LogP) is 0.494. The third-order valence-corrected chi connectivity index (χ3v) is 3.65. The smallest absolute Gasteiger partial charge is 0.407 e. The number of nitrogens with zero attached hydrogens (tertiary/aromatic N) is 1. The molecular weight excluding hydrogens is 274 g/mol. The van der Waals surface area contributed by atoms with Crippen LogP contribution in [0.15, 0.2) is 0 Å². The van der Waals surface area contributed by atoms with Crippen molar-refractivity contribution >= 4 is 17.9 Å². The number of likely N-dealkylation sites (N-methyl/N-ethyl adjacent to an activating group) is 1. The highest BCUT2D eigenvalue weighted by atomic mass is 16.5. The Morgan fingerprint density at radius 3 is 2.38 bits per heavy atom. The fraction of sp³-hybridized carbons (Fsp3) is 0.786. The largest absolute Gasteiger partial charge is 0.453 e. The lowest BCUT2D eigenvalue weighted by atomic mass is 9.85. The van der Waals surface area contributed by atoms with Crippen LogP contribution >= 0.6 is 0 Å². The number of carbonyl (C=O) groups is 3. The van der Waals surface area contributed by atoms with E-state index in [-0.39, 0.29) is 11.8 Å². The molecule has 2 N–H and O–H groups in total. The molecule has 1 fully saturated rings. The second-order valence-corrected chi connectivity index (χ2v) is 6.24. The minimum Gasteiger partial charge on any atom is -0.453 e. The second-order valence-electron chi connectivity index (χ2n) is 6.24. The Bertz CT molecular complexity index is 417. The fourth-order valence-corrected chi connectivity index (χ4v) is 2.46. The number of rotatable bonds is 3. The van der Waals surface area contributed by atoms with E-state index in [0.717, 1.165) is 6.42 Å². The number of ether oxygens (including phenoxy) is 1. The highest BCUT2D eigenvalue weighted by molar-refractivity contribution is 5.92. The summed E-state index contributed by atoms with van der Waals surface area (Å²) in [5, 5.41) is 5.15. The molecule has 1 aliphatic rings. The third kappa shape index (κ3) is 4.09. The lowest BCUT2D eigenvalue weighted by molar-refractivity contribution is -0.141. The van der Waals surface area contributed by atoms with Crippen molar-refractivity contribution in [3.8, 4) is 0 Å². The van der Waals surface area contributed by atoms with E-state index in [9.17, 15) is 14.4 Å². The van der Waals surface area contributed by atoms with E-state index in [4.69, 9.17) is 0 Å². The Morgan fingerprint density at radius 1 is 1.29 bits per heavy atom. The molecule has 7 heteroatoms. The van der Waals surface area contributed by atoms with Gasteiger partial charge in [0.1, 0.15) is 12.1 Å². The number of amides is 3. The molecule has 1 unspecified atom stereocenters. The van der Waals surface area contributed by atoms with E-state index in [1.165, 1.54) is 7.11 Å². The Hall–Kier alpha value is -1.79. The van der Waals surface area contributed by atoms with Gasteiger partial charge in [0.2, 0.25) is 11.8 Å². The molecule has 7 nitrogen and oxygen atoms in total. The maximum atomic E-state index is 12.8. The van der Waals surface area contributed by atoms with Gasteiger partial charge < -0.3 is 20.3 Å². The maximum Gasteiger partial charge on any atom is 0.407 e. The summed E-state index contributed by atoms with van der Waals surface area (Å²) in [5.41, 5.74) is -0.485. The summed E-state index contributed by atoms with van der Waals surface area (Å²) >= 11 is 0. The average Bonchev–Trinajstić information content (AvgIpc) is 2.90. The first-order chi connectivity index (χ1) is 9.72. The molecule has 2 atom stereocenters. The molecular formula is C14H25N3O4. The zero-order valence-electron chi connectivity index (χ0n) is 13.4. The van der Waals surface area contributed by atoms with Crippen LogP contribution < -0.4 is 10.6 Å². The van der Waals surface area contributed by atoms with E-state index in [0.29, 0.717) is 13.0 Å². The first kappa shape index (κ1) is 17.3. The van der Waals surface area contributed by atoms with Crippen molar-refractivity contribution in [1.29, 1.82) is 0 Å². The summed E-state index contributed by atoms with van der Waals surface area (Å²) in [5.74, 6) is -0.425. The molecule has 21 heavy (non-hydrogen) atoms. The topological polar surface area (TPSA) is 87.7 Å². The maximum absolute atomic E-state index is 12.8. The molecule has 0 aromatic rings. The molecule has 1 heterocycles. The van der Waals surface area contributed by atoms with Gasteiger partial charge in [0.15, 0.2) is 0 Å². The van der Waals surface area contributed by atoms with Gasteiger partial charge in [-0.25, -0.2) is 4.79 Å². The Balaban J connectivity index is 2.94. The molecule has 0 aromatic heterocycles. The zero-order chi connectivity index (χ0) is 16.2.